The molecule has 0 N–H and O–H groups in total. The molecule has 3 aromatic rings. The zero-order valence-corrected chi connectivity index (χ0v) is 18.1. The van der Waals surface area contributed by atoms with Crippen molar-refractivity contribution >= 4 is 43.6 Å². The second kappa shape index (κ2) is 10.3. The van der Waals surface area contributed by atoms with E-state index in [2.05, 4.69) is 115 Å². The number of benzene rings is 3. The molecular formula is C23H21Cl2NiP. The van der Waals surface area contributed by atoms with Crippen LogP contribution in [0, 0.1) is 0 Å². The molecule has 3 aromatic carbocycles. The van der Waals surface area contributed by atoms with E-state index in [1.165, 1.54) is 15.9 Å². The molecule has 0 aromatic heterocycles. The third kappa shape index (κ3) is 4.39. The van der Waals surface area contributed by atoms with Crippen LogP contribution in [0.1, 0.15) is 0 Å². The van der Waals surface area contributed by atoms with E-state index in [0.29, 0.717) is 18.3 Å². The molecule has 0 spiro atoms. The Morgan fingerprint density at radius 1 is 0.556 bits per heavy atom. The molecule has 0 bridgehead atoms. The molecule has 0 nitrogen and oxygen atoms in total. The van der Waals surface area contributed by atoms with E-state index in [0.717, 1.165) is 0 Å². The van der Waals surface area contributed by atoms with Crippen LogP contribution in [-0.2, 0) is 12.7 Å². The first-order chi connectivity index (χ1) is 13.3. The topological polar surface area (TPSA) is 0 Å². The maximum absolute atomic E-state index is 4.70. The molecule has 1 aliphatic carbocycles. The average molecular weight is 458 g/mol. The standard InChI is InChI=1S/C23H21P.2ClH.Ni/c1-4-12-20(13-5-1)24(23-18-10-11-19-23,21-14-6-2-7-15-21)22-16-8-3-9-17-22;;;/h1-19,23-24H;2*1H;/q;;;+2/p-2. The molecule has 0 heterocycles. The molecule has 0 unspecified atom stereocenters. The summed E-state index contributed by atoms with van der Waals surface area (Å²) in [6, 6.07) is 33.2. The van der Waals surface area contributed by atoms with Crippen LogP contribution < -0.4 is 15.9 Å². The van der Waals surface area contributed by atoms with Crippen molar-refractivity contribution in [3.63, 3.8) is 0 Å². The van der Waals surface area contributed by atoms with Crippen LogP contribution >= 0.6 is 27.7 Å². The molecule has 4 rings (SSSR count). The van der Waals surface area contributed by atoms with Gasteiger partial charge in [0.25, 0.3) is 0 Å². The zero-order chi connectivity index (χ0) is 19.0. The van der Waals surface area contributed by atoms with Gasteiger partial charge < -0.3 is 0 Å². The van der Waals surface area contributed by atoms with Crippen LogP contribution in [0.5, 0.6) is 0 Å². The molecule has 0 saturated carbocycles. The van der Waals surface area contributed by atoms with Gasteiger partial charge in [0.2, 0.25) is 0 Å². The molecule has 0 aliphatic heterocycles. The van der Waals surface area contributed by atoms with Crippen molar-refractivity contribution in [1.82, 2.24) is 0 Å². The van der Waals surface area contributed by atoms with Gasteiger partial charge in [0.15, 0.2) is 0 Å². The number of allylic oxidation sites excluding steroid dienone is 4. The molecule has 0 fully saturated rings. The first kappa shape index (κ1) is 20.4. The molecule has 0 amide bonds. The molecule has 0 radical (unpaired) electrons. The van der Waals surface area contributed by atoms with Crippen molar-refractivity contribution in [2.24, 2.45) is 0 Å². The van der Waals surface area contributed by atoms with Gasteiger partial charge in [-0.25, -0.2) is 0 Å². The van der Waals surface area contributed by atoms with E-state index in [1.807, 2.05) is 0 Å². The Morgan fingerprint density at radius 2 is 0.852 bits per heavy atom. The summed E-state index contributed by atoms with van der Waals surface area (Å²) >= 11 is 0.569. The Morgan fingerprint density at radius 3 is 1.15 bits per heavy atom. The van der Waals surface area contributed by atoms with Gasteiger partial charge in [-0.15, -0.1) is 0 Å². The van der Waals surface area contributed by atoms with Crippen LogP contribution in [0.25, 0.3) is 0 Å². The van der Waals surface area contributed by atoms with Crippen LogP contribution in [0.4, 0.5) is 0 Å². The average Bonchev–Trinajstić information content (AvgIpc) is 3.27. The van der Waals surface area contributed by atoms with Crippen molar-refractivity contribution in [2.75, 3.05) is 0 Å². The minimum absolute atomic E-state index is 0.435. The van der Waals surface area contributed by atoms with E-state index < -0.39 is 7.26 Å². The second-order valence-corrected chi connectivity index (χ2v) is 11.9. The van der Waals surface area contributed by atoms with Crippen molar-refractivity contribution in [1.29, 1.82) is 0 Å². The summed E-state index contributed by atoms with van der Waals surface area (Å²) < 4.78 is 0. The third-order valence-corrected chi connectivity index (χ3v) is 10.1. The number of rotatable bonds is 4. The summed E-state index contributed by atoms with van der Waals surface area (Å²) in [5.74, 6) is 0. The van der Waals surface area contributed by atoms with Gasteiger partial charge in [-0.2, -0.15) is 0 Å². The Kier molecular flexibility index (Phi) is 7.74. The van der Waals surface area contributed by atoms with Gasteiger partial charge in [-0.1, -0.05) is 0 Å². The molecule has 4 heteroatoms. The van der Waals surface area contributed by atoms with Gasteiger partial charge in [0.05, 0.1) is 0 Å². The number of halogens is 2. The van der Waals surface area contributed by atoms with Gasteiger partial charge >= 0.3 is 177 Å². The quantitative estimate of drug-likeness (QED) is 0.354. The van der Waals surface area contributed by atoms with Crippen molar-refractivity contribution < 1.29 is 12.7 Å². The van der Waals surface area contributed by atoms with E-state index in [-0.39, 0.29) is 0 Å². The Labute approximate surface area is 176 Å². The predicted molar refractivity (Wildman–Crippen MR) is 120 cm³/mol. The molecule has 1 aliphatic rings. The first-order valence-electron chi connectivity index (χ1n) is 8.68. The molecule has 142 valence electrons. The van der Waals surface area contributed by atoms with Crippen LogP contribution in [0.15, 0.2) is 115 Å². The third-order valence-electron chi connectivity index (χ3n) is 4.94. The number of hydrogen-bond acceptors (Lipinski definition) is 0. The summed E-state index contributed by atoms with van der Waals surface area (Å²) in [7, 11) is 7.24. The van der Waals surface area contributed by atoms with Crippen molar-refractivity contribution in [2.45, 2.75) is 5.66 Å². The monoisotopic (exact) mass is 456 g/mol. The van der Waals surface area contributed by atoms with Crippen LogP contribution in [-0.4, -0.2) is 5.66 Å². The van der Waals surface area contributed by atoms with E-state index >= 15 is 0 Å². The molecule has 27 heavy (non-hydrogen) atoms. The summed E-state index contributed by atoms with van der Waals surface area (Å²) in [5.41, 5.74) is 0.435. The van der Waals surface area contributed by atoms with Crippen molar-refractivity contribution in [3.05, 3.63) is 115 Å². The Hall–Kier alpha value is -1.36. The number of hydrogen-bond donors (Lipinski definition) is 0. The zero-order valence-electron chi connectivity index (χ0n) is 14.6. The fourth-order valence-electron chi connectivity index (χ4n) is 3.90. The molecule has 0 saturated heterocycles. The summed E-state index contributed by atoms with van der Waals surface area (Å²) in [4.78, 5) is 0. The van der Waals surface area contributed by atoms with E-state index in [4.69, 9.17) is 20.4 Å². The Bertz CT molecular complexity index is 771. The van der Waals surface area contributed by atoms with Gasteiger partial charge in [-0.3, -0.25) is 0 Å². The SMILES string of the molecule is C1=CC([PH](c2ccccc2)(c2ccccc2)c2ccccc2)C=C1.[Cl][Ni][Cl]. The summed E-state index contributed by atoms with van der Waals surface area (Å²) in [6.07, 6.45) is 9.14. The molecule has 0 atom stereocenters. The van der Waals surface area contributed by atoms with Gasteiger partial charge in [0.1, 0.15) is 0 Å². The second-order valence-electron chi connectivity index (χ2n) is 6.25. The van der Waals surface area contributed by atoms with E-state index in [1.54, 1.807) is 0 Å². The normalized spacial score (nSPS) is 14.0. The fraction of sp³-hybridized carbons (Fsp3) is 0.0435. The predicted octanol–water partition coefficient (Wildman–Crippen LogP) is 5.58. The van der Waals surface area contributed by atoms with Gasteiger partial charge in [0, 0.05) is 0 Å². The first-order valence-corrected chi connectivity index (χ1v) is 13.5. The molecular weight excluding hydrogens is 437 g/mol. The summed E-state index contributed by atoms with van der Waals surface area (Å²) in [6.45, 7) is 0. The van der Waals surface area contributed by atoms with Crippen LogP contribution in [0.2, 0.25) is 0 Å². The van der Waals surface area contributed by atoms with Crippen molar-refractivity contribution in [3.8, 4) is 0 Å². The summed E-state index contributed by atoms with van der Waals surface area (Å²) in [5, 5.41) is 4.39. The van der Waals surface area contributed by atoms with Crippen LogP contribution in [0.3, 0.4) is 0 Å². The fourth-order valence-corrected chi connectivity index (χ4v) is 9.01. The van der Waals surface area contributed by atoms with E-state index in [9.17, 15) is 0 Å². The van der Waals surface area contributed by atoms with Gasteiger partial charge in [-0.05, 0) is 0 Å². The Balaban J connectivity index is 0.000000659. The minimum atomic E-state index is -2.16. The maximum atomic E-state index is 4.70.